The van der Waals surface area contributed by atoms with Gasteiger partial charge in [0, 0.05) is 32.8 Å². The van der Waals surface area contributed by atoms with Crippen molar-refractivity contribution in [2.24, 2.45) is 10.9 Å². The normalized spacial score (nSPS) is 16.1. The highest BCUT2D eigenvalue weighted by Crippen LogP contribution is 1.93. The third kappa shape index (κ3) is 6.33. The van der Waals surface area contributed by atoms with Crippen molar-refractivity contribution in [3.05, 3.63) is 0 Å². The van der Waals surface area contributed by atoms with E-state index in [0.717, 1.165) is 51.6 Å². The molecule has 0 saturated carbocycles. The lowest BCUT2D eigenvalue weighted by Crippen LogP contribution is -2.41. The summed E-state index contributed by atoms with van der Waals surface area (Å²) >= 11 is 0. The molecule has 1 aliphatic heterocycles. The van der Waals surface area contributed by atoms with E-state index in [1.807, 2.05) is 0 Å². The Morgan fingerprint density at radius 2 is 2.40 bits per heavy atom. The summed E-state index contributed by atoms with van der Waals surface area (Å²) in [5.74, 6) is 1.58. The van der Waals surface area contributed by atoms with Crippen molar-refractivity contribution in [1.82, 2.24) is 10.6 Å². The molecule has 0 aromatic rings. The van der Waals surface area contributed by atoms with E-state index in [-0.39, 0.29) is 0 Å². The number of ether oxygens (including phenoxy) is 1. The van der Waals surface area contributed by atoms with Gasteiger partial charge >= 0.3 is 0 Å². The van der Waals surface area contributed by atoms with Crippen LogP contribution in [0, 0.1) is 5.92 Å². The SMILES string of the molecule is CC(C)COCCCNC1=NCCCN1. The third-order valence-corrected chi connectivity index (χ3v) is 2.11. The lowest BCUT2D eigenvalue weighted by atomic mass is 10.2. The van der Waals surface area contributed by atoms with Crippen molar-refractivity contribution < 1.29 is 4.74 Å². The van der Waals surface area contributed by atoms with E-state index in [1.54, 1.807) is 0 Å². The molecule has 0 aromatic carbocycles. The van der Waals surface area contributed by atoms with Crippen molar-refractivity contribution >= 4 is 5.96 Å². The van der Waals surface area contributed by atoms with Crippen LogP contribution < -0.4 is 10.6 Å². The van der Waals surface area contributed by atoms with Gasteiger partial charge in [-0.15, -0.1) is 0 Å². The van der Waals surface area contributed by atoms with Crippen molar-refractivity contribution in [3.8, 4) is 0 Å². The molecule has 1 aliphatic rings. The quantitative estimate of drug-likeness (QED) is 0.647. The van der Waals surface area contributed by atoms with Crippen LogP contribution >= 0.6 is 0 Å². The van der Waals surface area contributed by atoms with E-state index in [2.05, 4.69) is 29.5 Å². The Balaban J connectivity index is 1.90. The van der Waals surface area contributed by atoms with Crippen LogP contribution in [-0.2, 0) is 4.74 Å². The molecule has 0 radical (unpaired) electrons. The molecule has 0 spiro atoms. The molecular weight excluding hydrogens is 190 g/mol. The average Bonchev–Trinajstić information content (AvgIpc) is 2.24. The van der Waals surface area contributed by atoms with Crippen molar-refractivity contribution in [1.29, 1.82) is 0 Å². The van der Waals surface area contributed by atoms with Crippen LogP contribution in [0.1, 0.15) is 26.7 Å². The number of hydrogen-bond acceptors (Lipinski definition) is 4. The topological polar surface area (TPSA) is 45.6 Å². The number of rotatable bonds is 6. The summed E-state index contributed by atoms with van der Waals surface area (Å²) in [7, 11) is 0. The maximum atomic E-state index is 5.48. The van der Waals surface area contributed by atoms with E-state index in [9.17, 15) is 0 Å². The van der Waals surface area contributed by atoms with E-state index in [4.69, 9.17) is 4.74 Å². The predicted octanol–water partition coefficient (Wildman–Crippen LogP) is 0.988. The number of guanidine groups is 1. The fourth-order valence-electron chi connectivity index (χ4n) is 1.35. The Morgan fingerprint density at radius 1 is 1.53 bits per heavy atom. The van der Waals surface area contributed by atoms with Gasteiger partial charge in [0.05, 0.1) is 0 Å². The average molecular weight is 213 g/mol. The van der Waals surface area contributed by atoms with Gasteiger partial charge in [-0.25, -0.2) is 0 Å². The second-order valence-corrected chi connectivity index (χ2v) is 4.26. The Kier molecular flexibility index (Phi) is 6.16. The van der Waals surface area contributed by atoms with E-state index < -0.39 is 0 Å². The molecule has 4 heteroatoms. The first-order chi connectivity index (χ1) is 7.29. The van der Waals surface area contributed by atoms with Gasteiger partial charge < -0.3 is 15.4 Å². The summed E-state index contributed by atoms with van der Waals surface area (Å²) in [4.78, 5) is 4.33. The number of nitrogens with zero attached hydrogens (tertiary/aromatic N) is 1. The Hall–Kier alpha value is -0.770. The highest BCUT2D eigenvalue weighted by molar-refractivity contribution is 5.80. The lowest BCUT2D eigenvalue weighted by molar-refractivity contribution is 0.108. The summed E-state index contributed by atoms with van der Waals surface area (Å²) in [6.07, 6.45) is 2.18. The summed E-state index contributed by atoms with van der Waals surface area (Å²) < 4.78 is 5.48. The zero-order valence-electron chi connectivity index (χ0n) is 9.88. The first-order valence-corrected chi connectivity index (χ1v) is 5.89. The molecule has 1 rings (SSSR count). The van der Waals surface area contributed by atoms with E-state index in [1.165, 1.54) is 0 Å². The number of nitrogens with one attached hydrogen (secondary N) is 2. The molecule has 88 valence electrons. The highest BCUT2D eigenvalue weighted by atomic mass is 16.5. The van der Waals surface area contributed by atoms with Crippen molar-refractivity contribution in [2.75, 3.05) is 32.8 Å². The van der Waals surface area contributed by atoms with Crippen molar-refractivity contribution in [3.63, 3.8) is 0 Å². The highest BCUT2D eigenvalue weighted by Gasteiger charge is 2.01. The van der Waals surface area contributed by atoms with Crippen LogP contribution in [-0.4, -0.2) is 38.8 Å². The standard InChI is InChI=1S/C11H23N3O/c1-10(2)9-15-8-4-7-14-11-12-5-3-6-13-11/h10H,3-9H2,1-2H3,(H2,12,13,14). The van der Waals surface area contributed by atoms with Crippen LogP contribution in [0.2, 0.25) is 0 Å². The summed E-state index contributed by atoms with van der Waals surface area (Å²) in [6, 6.07) is 0. The van der Waals surface area contributed by atoms with E-state index >= 15 is 0 Å². The molecule has 0 fully saturated rings. The molecule has 0 amide bonds. The molecule has 0 aliphatic carbocycles. The maximum Gasteiger partial charge on any atom is 0.191 e. The molecule has 4 nitrogen and oxygen atoms in total. The molecule has 2 N–H and O–H groups in total. The van der Waals surface area contributed by atoms with Gasteiger partial charge in [-0.3, -0.25) is 4.99 Å². The molecule has 0 bridgehead atoms. The molecule has 0 saturated heterocycles. The zero-order valence-corrected chi connectivity index (χ0v) is 9.88. The van der Waals surface area contributed by atoms with Crippen molar-refractivity contribution in [2.45, 2.75) is 26.7 Å². The predicted molar refractivity (Wildman–Crippen MR) is 63.2 cm³/mol. The van der Waals surface area contributed by atoms with Gasteiger partial charge in [-0.2, -0.15) is 0 Å². The number of hydrogen-bond donors (Lipinski definition) is 2. The Bertz CT molecular complexity index is 192. The monoisotopic (exact) mass is 213 g/mol. The maximum absolute atomic E-state index is 5.48. The fourth-order valence-corrected chi connectivity index (χ4v) is 1.35. The molecule has 0 atom stereocenters. The molecule has 0 unspecified atom stereocenters. The third-order valence-electron chi connectivity index (χ3n) is 2.11. The Labute approximate surface area is 92.5 Å². The molecular formula is C11H23N3O. The van der Waals surface area contributed by atoms with E-state index in [0.29, 0.717) is 5.92 Å². The van der Waals surface area contributed by atoms with Gasteiger partial charge in [-0.1, -0.05) is 13.8 Å². The van der Waals surface area contributed by atoms with Gasteiger partial charge in [0.1, 0.15) is 0 Å². The summed E-state index contributed by atoms with van der Waals surface area (Å²) in [6.45, 7) is 8.94. The van der Waals surface area contributed by atoms with Gasteiger partial charge in [0.2, 0.25) is 0 Å². The largest absolute Gasteiger partial charge is 0.381 e. The number of aliphatic imine (C=N–C) groups is 1. The second kappa shape index (κ2) is 7.51. The van der Waals surface area contributed by atoms with Gasteiger partial charge in [0.15, 0.2) is 5.96 Å². The summed E-state index contributed by atoms with van der Waals surface area (Å²) in [5, 5.41) is 6.49. The van der Waals surface area contributed by atoms with Crippen LogP contribution in [0.25, 0.3) is 0 Å². The molecule has 15 heavy (non-hydrogen) atoms. The minimum absolute atomic E-state index is 0.627. The van der Waals surface area contributed by atoms with Crippen LogP contribution in [0.4, 0.5) is 0 Å². The van der Waals surface area contributed by atoms with Crippen LogP contribution in [0.15, 0.2) is 4.99 Å². The second-order valence-electron chi connectivity index (χ2n) is 4.26. The molecule has 1 heterocycles. The zero-order chi connectivity index (χ0) is 10.9. The van der Waals surface area contributed by atoms with Gasteiger partial charge in [-0.05, 0) is 18.8 Å². The minimum Gasteiger partial charge on any atom is -0.381 e. The lowest BCUT2D eigenvalue weighted by Gasteiger charge is -2.15. The summed E-state index contributed by atoms with van der Waals surface area (Å²) in [5.41, 5.74) is 0. The minimum atomic E-state index is 0.627. The molecule has 0 aromatic heterocycles. The first-order valence-electron chi connectivity index (χ1n) is 5.89. The smallest absolute Gasteiger partial charge is 0.191 e. The van der Waals surface area contributed by atoms with Crippen LogP contribution in [0.5, 0.6) is 0 Å². The Morgan fingerprint density at radius 3 is 3.07 bits per heavy atom. The fraction of sp³-hybridized carbons (Fsp3) is 0.909. The first kappa shape index (κ1) is 12.3. The van der Waals surface area contributed by atoms with Gasteiger partial charge in [0.25, 0.3) is 0 Å². The van der Waals surface area contributed by atoms with Crippen LogP contribution in [0.3, 0.4) is 0 Å².